The third kappa shape index (κ3) is 6.13. The molecular formula is C62H65BN2. The fourth-order valence-electron chi connectivity index (χ4n) is 12.7. The maximum Gasteiger partial charge on any atom is 0.252 e. The maximum atomic E-state index is 2.76. The molecule has 0 bridgehead atoms. The Morgan fingerprint density at radius 1 is 0.462 bits per heavy atom. The van der Waals surface area contributed by atoms with Crippen molar-refractivity contribution < 1.29 is 0 Å². The zero-order chi connectivity index (χ0) is 45.9. The van der Waals surface area contributed by atoms with E-state index in [0.29, 0.717) is 0 Å². The molecule has 4 aliphatic rings. The summed E-state index contributed by atoms with van der Waals surface area (Å²) in [5, 5.41) is 0. The SMILES string of the molecule is Cc1cc2c3c(c1)N(c1cc(C(C)(C)C)cc4c1C(C)(C)c1ccccc1-4)c1cc4c(cc1B3c1cc(C(C)(C)C)ccc1N2c1cc(-c2ccccc2)ccc1C)C(C)(C)CC4(C)C. The molecule has 0 atom stereocenters. The predicted molar refractivity (Wildman–Crippen MR) is 281 cm³/mol. The van der Waals surface area contributed by atoms with Crippen LogP contribution in [0, 0.1) is 13.8 Å². The van der Waals surface area contributed by atoms with Crippen molar-refractivity contribution in [3.63, 3.8) is 0 Å². The van der Waals surface area contributed by atoms with E-state index in [1.165, 1.54) is 117 Å². The van der Waals surface area contributed by atoms with Gasteiger partial charge in [0.15, 0.2) is 0 Å². The summed E-state index contributed by atoms with van der Waals surface area (Å²) in [7, 11) is 0. The summed E-state index contributed by atoms with van der Waals surface area (Å²) in [5.74, 6) is 0. The van der Waals surface area contributed by atoms with Gasteiger partial charge in [-0.1, -0.05) is 174 Å². The Labute approximate surface area is 389 Å². The van der Waals surface area contributed by atoms with Crippen LogP contribution < -0.4 is 26.2 Å². The van der Waals surface area contributed by atoms with E-state index in [4.69, 9.17) is 0 Å². The summed E-state index contributed by atoms with van der Waals surface area (Å²) in [6, 6.07) is 50.0. The molecule has 0 radical (unpaired) electrons. The molecule has 0 aromatic heterocycles. The van der Waals surface area contributed by atoms with Gasteiger partial charge in [-0.05, 0) is 161 Å². The van der Waals surface area contributed by atoms with Crippen LogP contribution in [-0.4, -0.2) is 6.71 Å². The highest BCUT2D eigenvalue weighted by molar-refractivity contribution is 7.00. The van der Waals surface area contributed by atoms with Crippen LogP contribution in [0.4, 0.5) is 34.1 Å². The van der Waals surface area contributed by atoms with E-state index in [-0.39, 0.29) is 33.8 Å². The first-order valence-electron chi connectivity index (χ1n) is 24.1. The number of fused-ring (bicyclic) bond motifs is 8. The second-order valence-corrected chi connectivity index (χ2v) is 24.0. The Kier molecular flexibility index (Phi) is 8.78. The average molecular weight is 849 g/mol. The summed E-state index contributed by atoms with van der Waals surface area (Å²) in [5.41, 5.74) is 27.9. The van der Waals surface area contributed by atoms with E-state index in [0.717, 1.165) is 6.42 Å². The molecule has 2 aliphatic heterocycles. The standard InChI is InChI=1S/C62H65BN2/c1-37-28-54-57-55(29-37)65(53-33-42(59(6,7)8)31-44-43-22-18-19-23-45(43)62(13,14)56(44)53)52-35-47-46(60(9,10)36-61(47,11)12)34-49(52)63(57)48-32-41(58(3,4)5)26-27-50(48)64(54)51-30-40(25-24-38(51)2)39-20-16-15-17-21-39/h15-35H,36H2,1-14H3. The second-order valence-electron chi connectivity index (χ2n) is 24.0. The van der Waals surface area contributed by atoms with Crippen molar-refractivity contribution in [3.8, 4) is 22.3 Å². The number of anilines is 6. The molecule has 326 valence electrons. The van der Waals surface area contributed by atoms with Gasteiger partial charge >= 0.3 is 0 Å². The van der Waals surface area contributed by atoms with Crippen LogP contribution >= 0.6 is 0 Å². The molecule has 2 nitrogen and oxygen atoms in total. The van der Waals surface area contributed by atoms with Crippen LogP contribution in [0.5, 0.6) is 0 Å². The molecule has 0 amide bonds. The molecule has 7 aromatic rings. The first-order chi connectivity index (χ1) is 30.6. The first kappa shape index (κ1) is 41.9. The smallest absolute Gasteiger partial charge is 0.252 e. The van der Waals surface area contributed by atoms with Crippen LogP contribution in [0.2, 0.25) is 0 Å². The number of nitrogens with zero attached hydrogens (tertiary/aromatic N) is 2. The monoisotopic (exact) mass is 849 g/mol. The molecule has 7 aromatic carbocycles. The van der Waals surface area contributed by atoms with Crippen LogP contribution in [-0.2, 0) is 27.1 Å². The lowest BCUT2D eigenvalue weighted by atomic mass is 9.33. The normalized spacial score (nSPS) is 17.0. The minimum Gasteiger partial charge on any atom is -0.311 e. The Bertz CT molecular complexity index is 3150. The molecular weight excluding hydrogens is 784 g/mol. The minimum absolute atomic E-state index is 0.0264. The van der Waals surface area contributed by atoms with Crippen molar-refractivity contribution in [2.24, 2.45) is 0 Å². The summed E-state index contributed by atoms with van der Waals surface area (Å²) in [6.07, 6.45) is 1.12. The van der Waals surface area contributed by atoms with E-state index in [2.05, 4.69) is 234 Å². The molecule has 0 spiro atoms. The second kappa shape index (κ2) is 13.6. The Hall–Kier alpha value is -5.80. The Morgan fingerprint density at radius 3 is 1.75 bits per heavy atom. The molecule has 2 aliphatic carbocycles. The lowest BCUT2D eigenvalue weighted by Crippen LogP contribution is -2.62. The van der Waals surface area contributed by atoms with E-state index >= 15 is 0 Å². The predicted octanol–water partition coefficient (Wildman–Crippen LogP) is 14.9. The number of rotatable bonds is 3. The molecule has 11 rings (SSSR count). The summed E-state index contributed by atoms with van der Waals surface area (Å²) in [6.45, 7) is 33.7. The van der Waals surface area contributed by atoms with Crippen LogP contribution in [0.1, 0.15) is 134 Å². The fraction of sp³-hybridized carbons (Fsp3) is 0.323. The topological polar surface area (TPSA) is 6.48 Å². The van der Waals surface area contributed by atoms with Crippen molar-refractivity contribution >= 4 is 57.2 Å². The number of hydrogen-bond donors (Lipinski definition) is 0. The summed E-state index contributed by atoms with van der Waals surface area (Å²) < 4.78 is 0. The van der Waals surface area contributed by atoms with Crippen molar-refractivity contribution in [2.45, 2.75) is 130 Å². The minimum atomic E-state index is -0.216. The van der Waals surface area contributed by atoms with Crippen molar-refractivity contribution in [1.29, 1.82) is 0 Å². The Balaban J connectivity index is 1.30. The fourth-order valence-corrected chi connectivity index (χ4v) is 12.7. The van der Waals surface area contributed by atoms with E-state index in [9.17, 15) is 0 Å². The van der Waals surface area contributed by atoms with Gasteiger partial charge < -0.3 is 9.80 Å². The highest BCUT2D eigenvalue weighted by Crippen LogP contribution is 2.58. The van der Waals surface area contributed by atoms with Gasteiger partial charge in [-0.15, -0.1) is 0 Å². The molecule has 0 fully saturated rings. The van der Waals surface area contributed by atoms with Crippen LogP contribution in [0.25, 0.3) is 22.3 Å². The van der Waals surface area contributed by atoms with E-state index in [1.54, 1.807) is 0 Å². The van der Waals surface area contributed by atoms with Gasteiger partial charge in [0.2, 0.25) is 0 Å². The highest BCUT2D eigenvalue weighted by atomic mass is 15.2. The van der Waals surface area contributed by atoms with Gasteiger partial charge in [-0.3, -0.25) is 0 Å². The van der Waals surface area contributed by atoms with Crippen molar-refractivity contribution in [2.75, 3.05) is 9.80 Å². The quantitative estimate of drug-likeness (QED) is 0.163. The van der Waals surface area contributed by atoms with Gasteiger partial charge in [0, 0.05) is 33.9 Å². The van der Waals surface area contributed by atoms with Gasteiger partial charge in [0.25, 0.3) is 6.71 Å². The zero-order valence-corrected chi connectivity index (χ0v) is 41.3. The highest BCUT2D eigenvalue weighted by Gasteiger charge is 2.50. The number of benzene rings is 7. The third-order valence-electron chi connectivity index (χ3n) is 15.9. The van der Waals surface area contributed by atoms with Gasteiger partial charge in [-0.25, -0.2) is 0 Å². The molecule has 65 heavy (non-hydrogen) atoms. The van der Waals surface area contributed by atoms with Crippen molar-refractivity contribution in [1.82, 2.24) is 0 Å². The van der Waals surface area contributed by atoms with Gasteiger partial charge in [-0.2, -0.15) is 0 Å². The van der Waals surface area contributed by atoms with E-state index < -0.39 is 0 Å². The van der Waals surface area contributed by atoms with Crippen LogP contribution in [0.15, 0.2) is 127 Å². The molecule has 0 unspecified atom stereocenters. The molecule has 2 heterocycles. The maximum absolute atomic E-state index is 2.76. The molecule has 0 saturated heterocycles. The Morgan fingerprint density at radius 2 is 1.08 bits per heavy atom. The lowest BCUT2D eigenvalue weighted by Gasteiger charge is -2.46. The molecule has 3 heteroatoms. The summed E-state index contributed by atoms with van der Waals surface area (Å²) >= 11 is 0. The summed E-state index contributed by atoms with van der Waals surface area (Å²) in [4.78, 5) is 5.39. The lowest BCUT2D eigenvalue weighted by molar-refractivity contribution is 0.403. The molecule has 0 N–H and O–H groups in total. The van der Waals surface area contributed by atoms with E-state index in [1.807, 2.05) is 0 Å². The number of aryl methyl sites for hydroxylation is 2. The first-order valence-corrected chi connectivity index (χ1v) is 24.1. The number of hydrogen-bond acceptors (Lipinski definition) is 2. The average Bonchev–Trinajstić information content (AvgIpc) is 3.59. The van der Waals surface area contributed by atoms with Gasteiger partial charge in [0.05, 0.1) is 5.69 Å². The van der Waals surface area contributed by atoms with Gasteiger partial charge in [0.1, 0.15) is 0 Å². The zero-order valence-electron chi connectivity index (χ0n) is 41.3. The largest absolute Gasteiger partial charge is 0.311 e. The van der Waals surface area contributed by atoms with Crippen LogP contribution in [0.3, 0.4) is 0 Å². The molecule has 0 saturated carbocycles. The third-order valence-corrected chi connectivity index (χ3v) is 15.9. The van der Waals surface area contributed by atoms with Crippen molar-refractivity contribution in [3.05, 3.63) is 172 Å².